The Morgan fingerprint density at radius 3 is 2.93 bits per heavy atom. The molecule has 0 aliphatic heterocycles. The van der Waals surface area contributed by atoms with Crippen LogP contribution in [0.4, 0.5) is 0 Å². The Morgan fingerprint density at radius 1 is 1.57 bits per heavy atom. The molecule has 0 saturated heterocycles. The Hall–Kier alpha value is -0.870. The number of carbonyl (C=O) groups is 1. The number of rotatable bonds is 1. The van der Waals surface area contributed by atoms with Crippen molar-refractivity contribution in [2.75, 3.05) is 0 Å². The van der Waals surface area contributed by atoms with Crippen molar-refractivity contribution in [2.24, 2.45) is 0 Å². The minimum Gasteiger partial charge on any atom is -0.291 e. The molecule has 0 aliphatic carbocycles. The Morgan fingerprint density at radius 2 is 2.29 bits per heavy atom. The maximum Gasteiger partial charge on any atom is 0.195 e. The molecule has 0 fully saturated rings. The third-order valence-corrected chi connectivity index (χ3v) is 2.78. The van der Waals surface area contributed by atoms with Gasteiger partial charge in [0.1, 0.15) is 0 Å². The van der Waals surface area contributed by atoms with E-state index in [0.29, 0.717) is 11.0 Å². The van der Waals surface area contributed by atoms with Gasteiger partial charge in [0.25, 0.3) is 0 Å². The summed E-state index contributed by atoms with van der Waals surface area (Å²) < 4.78 is 2.45. The summed E-state index contributed by atoms with van der Waals surface area (Å²) in [5, 5.41) is 0.344. The Kier molecular flexibility index (Phi) is 2.33. The van der Waals surface area contributed by atoms with Crippen LogP contribution < -0.4 is 0 Å². The molecule has 0 bridgehead atoms. The summed E-state index contributed by atoms with van der Waals surface area (Å²) in [6.07, 6.45) is 0. The number of halogens is 2. The lowest BCUT2D eigenvalue weighted by Gasteiger charge is -1.99. The van der Waals surface area contributed by atoms with Crippen molar-refractivity contribution < 1.29 is 4.79 Å². The summed E-state index contributed by atoms with van der Waals surface area (Å²) >= 11 is 9.23. The Labute approximate surface area is 93.8 Å². The largest absolute Gasteiger partial charge is 0.291 e. The minimum atomic E-state index is -0.112. The van der Waals surface area contributed by atoms with Crippen molar-refractivity contribution in [3.05, 3.63) is 33.8 Å². The molecule has 0 aliphatic rings. The van der Waals surface area contributed by atoms with E-state index in [1.54, 1.807) is 4.40 Å². The van der Waals surface area contributed by atoms with Gasteiger partial charge in [-0.15, -0.1) is 0 Å². The lowest BCUT2D eigenvalue weighted by molar-refractivity contribution is 0.100. The van der Waals surface area contributed by atoms with Crippen LogP contribution in [-0.2, 0) is 0 Å². The fourth-order valence-corrected chi connectivity index (χ4v) is 2.03. The second kappa shape index (κ2) is 3.37. The number of aromatic nitrogens is 2. The first-order valence-corrected chi connectivity index (χ1v) is 5.12. The normalized spacial score (nSPS) is 10.8. The van der Waals surface area contributed by atoms with Crippen LogP contribution in [0.25, 0.3) is 5.52 Å². The number of imidazole rings is 1. The molecule has 2 aromatic heterocycles. The van der Waals surface area contributed by atoms with Gasteiger partial charge in [-0.25, -0.2) is 4.98 Å². The maximum absolute atomic E-state index is 11.3. The first kappa shape index (κ1) is 9.68. The summed E-state index contributed by atoms with van der Waals surface area (Å²) in [6.45, 7) is 1.46. The molecule has 2 aromatic rings. The highest BCUT2D eigenvalue weighted by molar-refractivity contribution is 9.10. The standard InChI is InChI=1S/C9H6BrClN2O/c1-5(14)9-12-8(11)6-3-2-4-7(10)13(6)9/h2-4H,1H3. The molecular weight excluding hydrogens is 267 g/mol. The number of carbonyl (C=O) groups excluding carboxylic acids is 1. The van der Waals surface area contributed by atoms with Crippen LogP contribution in [0, 0.1) is 0 Å². The number of nitrogens with zero attached hydrogens (tertiary/aromatic N) is 2. The Balaban J connectivity index is 2.93. The summed E-state index contributed by atoms with van der Waals surface area (Å²) in [5.41, 5.74) is 0.728. The number of Topliss-reactive ketones (excluding diaryl/α,β-unsaturated/α-hetero) is 1. The molecule has 0 spiro atoms. The summed E-state index contributed by atoms with van der Waals surface area (Å²) in [7, 11) is 0. The van der Waals surface area contributed by atoms with Crippen LogP contribution in [0.2, 0.25) is 5.15 Å². The van der Waals surface area contributed by atoms with Crippen molar-refractivity contribution >= 4 is 38.8 Å². The van der Waals surface area contributed by atoms with E-state index in [-0.39, 0.29) is 5.78 Å². The number of fused-ring (bicyclic) bond motifs is 1. The molecule has 5 heteroatoms. The van der Waals surface area contributed by atoms with E-state index >= 15 is 0 Å². The van der Waals surface area contributed by atoms with E-state index in [2.05, 4.69) is 20.9 Å². The van der Waals surface area contributed by atoms with Crippen LogP contribution in [0.5, 0.6) is 0 Å². The van der Waals surface area contributed by atoms with Gasteiger partial charge in [-0.2, -0.15) is 0 Å². The fraction of sp³-hybridized carbons (Fsp3) is 0.111. The van der Waals surface area contributed by atoms with Crippen LogP contribution in [0.1, 0.15) is 17.5 Å². The summed E-state index contributed by atoms with van der Waals surface area (Å²) in [5.74, 6) is 0.233. The van der Waals surface area contributed by atoms with Crippen molar-refractivity contribution in [3.63, 3.8) is 0 Å². The van der Waals surface area contributed by atoms with Crippen LogP contribution in [0.3, 0.4) is 0 Å². The molecule has 2 rings (SSSR count). The molecule has 0 N–H and O–H groups in total. The number of ketones is 1. The van der Waals surface area contributed by atoms with Crippen LogP contribution >= 0.6 is 27.5 Å². The van der Waals surface area contributed by atoms with Gasteiger partial charge in [-0.3, -0.25) is 9.20 Å². The van der Waals surface area contributed by atoms with E-state index in [1.165, 1.54) is 6.92 Å². The molecular formula is C9H6BrClN2O. The van der Waals surface area contributed by atoms with Gasteiger partial charge in [-0.1, -0.05) is 17.7 Å². The molecule has 0 saturated carbocycles. The lowest BCUT2D eigenvalue weighted by atomic mass is 10.4. The topological polar surface area (TPSA) is 34.4 Å². The van der Waals surface area contributed by atoms with Gasteiger partial charge in [0.2, 0.25) is 0 Å². The molecule has 14 heavy (non-hydrogen) atoms. The number of pyridine rings is 1. The molecule has 0 radical (unpaired) electrons. The van der Waals surface area contributed by atoms with Gasteiger partial charge in [0, 0.05) is 6.92 Å². The number of hydrogen-bond donors (Lipinski definition) is 0. The highest BCUT2D eigenvalue weighted by Crippen LogP contribution is 2.23. The minimum absolute atomic E-state index is 0.112. The molecule has 72 valence electrons. The summed E-state index contributed by atoms with van der Waals surface area (Å²) in [6, 6.07) is 5.49. The van der Waals surface area contributed by atoms with Gasteiger partial charge in [0.15, 0.2) is 16.8 Å². The molecule has 0 unspecified atom stereocenters. The highest BCUT2D eigenvalue weighted by atomic mass is 79.9. The zero-order chi connectivity index (χ0) is 10.3. The molecule has 3 nitrogen and oxygen atoms in total. The van der Waals surface area contributed by atoms with Crippen molar-refractivity contribution in [2.45, 2.75) is 6.92 Å². The van der Waals surface area contributed by atoms with Gasteiger partial charge >= 0.3 is 0 Å². The van der Waals surface area contributed by atoms with Crippen molar-refractivity contribution in [3.8, 4) is 0 Å². The molecule has 0 amide bonds. The highest BCUT2D eigenvalue weighted by Gasteiger charge is 2.14. The molecule has 0 aromatic carbocycles. The van der Waals surface area contributed by atoms with E-state index in [4.69, 9.17) is 11.6 Å². The van der Waals surface area contributed by atoms with E-state index < -0.39 is 0 Å². The predicted octanol–water partition coefficient (Wildman–Crippen LogP) is 2.95. The van der Waals surface area contributed by atoms with Gasteiger partial charge < -0.3 is 0 Å². The van der Waals surface area contributed by atoms with Crippen LogP contribution in [-0.4, -0.2) is 15.2 Å². The first-order valence-electron chi connectivity index (χ1n) is 3.94. The average Bonchev–Trinajstić information content (AvgIpc) is 2.46. The zero-order valence-corrected chi connectivity index (χ0v) is 9.63. The van der Waals surface area contributed by atoms with E-state index in [9.17, 15) is 4.79 Å². The second-order valence-corrected chi connectivity index (χ2v) is 4.02. The van der Waals surface area contributed by atoms with Crippen LogP contribution in [0.15, 0.2) is 22.8 Å². The SMILES string of the molecule is CC(=O)c1nc(Cl)c2cccc(Br)n12. The van der Waals surface area contributed by atoms with E-state index in [0.717, 1.165) is 10.1 Å². The van der Waals surface area contributed by atoms with Crippen molar-refractivity contribution in [1.29, 1.82) is 0 Å². The number of hydrogen-bond acceptors (Lipinski definition) is 2. The second-order valence-electron chi connectivity index (χ2n) is 2.85. The Bertz CT molecular complexity index is 521. The molecule has 2 heterocycles. The quantitative estimate of drug-likeness (QED) is 0.591. The fourth-order valence-electron chi connectivity index (χ4n) is 1.30. The third-order valence-electron chi connectivity index (χ3n) is 1.88. The smallest absolute Gasteiger partial charge is 0.195 e. The van der Waals surface area contributed by atoms with E-state index in [1.807, 2.05) is 18.2 Å². The average molecular weight is 274 g/mol. The van der Waals surface area contributed by atoms with Gasteiger partial charge in [-0.05, 0) is 28.1 Å². The first-order chi connectivity index (χ1) is 6.61. The lowest BCUT2D eigenvalue weighted by Crippen LogP contribution is -2.01. The summed E-state index contributed by atoms with van der Waals surface area (Å²) in [4.78, 5) is 15.3. The third kappa shape index (κ3) is 1.35. The van der Waals surface area contributed by atoms with Gasteiger partial charge in [0.05, 0.1) is 10.1 Å². The predicted molar refractivity (Wildman–Crippen MR) is 57.9 cm³/mol. The molecule has 0 atom stereocenters. The monoisotopic (exact) mass is 272 g/mol. The van der Waals surface area contributed by atoms with Crippen molar-refractivity contribution in [1.82, 2.24) is 9.38 Å². The zero-order valence-electron chi connectivity index (χ0n) is 7.29. The maximum atomic E-state index is 11.3.